The van der Waals surface area contributed by atoms with Crippen molar-refractivity contribution in [3.63, 3.8) is 0 Å². The lowest BCUT2D eigenvalue weighted by molar-refractivity contribution is 0.0512. The average Bonchev–Trinajstić information content (AvgIpc) is 3.24. The summed E-state index contributed by atoms with van der Waals surface area (Å²) in [5, 5.41) is 3.65. The Balaban J connectivity index is 1.38. The minimum absolute atomic E-state index is 0.0824. The number of benzene rings is 1. The average molecular weight is 395 g/mol. The van der Waals surface area contributed by atoms with Gasteiger partial charge in [0, 0.05) is 57.4 Å². The largest absolute Gasteiger partial charge is 0.472 e. The van der Waals surface area contributed by atoms with Crippen LogP contribution >= 0.6 is 0 Å². The molecule has 6 nitrogen and oxygen atoms in total. The van der Waals surface area contributed by atoms with Gasteiger partial charge in [-0.2, -0.15) is 0 Å². The molecule has 0 bridgehead atoms. The van der Waals surface area contributed by atoms with E-state index in [1.165, 1.54) is 5.56 Å². The Bertz CT molecular complexity index is 791. The van der Waals surface area contributed by atoms with Crippen molar-refractivity contribution < 1.29 is 9.47 Å². The van der Waals surface area contributed by atoms with Gasteiger partial charge < -0.3 is 19.7 Å². The molecule has 1 atom stereocenters. The van der Waals surface area contributed by atoms with Crippen molar-refractivity contribution in [2.75, 3.05) is 39.9 Å². The predicted molar refractivity (Wildman–Crippen MR) is 114 cm³/mol. The number of aromatic nitrogens is 1. The van der Waals surface area contributed by atoms with Crippen molar-refractivity contribution in [2.45, 2.75) is 30.8 Å². The number of ether oxygens (including phenoxy) is 2. The zero-order chi connectivity index (χ0) is 19.9. The molecule has 3 heterocycles. The van der Waals surface area contributed by atoms with E-state index in [1.54, 1.807) is 6.20 Å². The van der Waals surface area contributed by atoms with Gasteiger partial charge in [0.05, 0.1) is 6.54 Å². The van der Waals surface area contributed by atoms with Gasteiger partial charge in [0.1, 0.15) is 6.10 Å². The SMILES string of the molecule is CN=C(NCC1(c2ccccc2)CCOCC1)N1CCC(Oc2ccccn2)C1. The van der Waals surface area contributed by atoms with E-state index in [4.69, 9.17) is 9.47 Å². The molecule has 2 saturated heterocycles. The third-order valence-electron chi connectivity index (χ3n) is 6.00. The fraction of sp³-hybridized carbons (Fsp3) is 0.478. The van der Waals surface area contributed by atoms with Gasteiger partial charge >= 0.3 is 0 Å². The van der Waals surface area contributed by atoms with Crippen LogP contribution in [0.3, 0.4) is 0 Å². The third kappa shape index (κ3) is 4.70. The van der Waals surface area contributed by atoms with Gasteiger partial charge in [-0.1, -0.05) is 36.4 Å². The highest BCUT2D eigenvalue weighted by atomic mass is 16.5. The summed E-state index contributed by atoms with van der Waals surface area (Å²) in [6.07, 6.45) is 4.90. The Morgan fingerprint density at radius 1 is 1.21 bits per heavy atom. The van der Waals surface area contributed by atoms with Crippen LogP contribution in [0.25, 0.3) is 0 Å². The number of likely N-dealkylation sites (tertiary alicyclic amines) is 1. The lowest BCUT2D eigenvalue weighted by atomic mass is 9.74. The standard InChI is InChI=1S/C23H30N4O2/c1-24-22(27-14-10-20(17-27)29-21-9-5-6-13-25-21)26-18-23(11-15-28-16-12-23)19-7-3-2-4-8-19/h2-9,13,20H,10-12,14-18H2,1H3,(H,24,26). The van der Waals surface area contributed by atoms with Crippen molar-refractivity contribution in [3.8, 4) is 5.88 Å². The number of nitrogens with zero attached hydrogens (tertiary/aromatic N) is 3. The highest BCUT2D eigenvalue weighted by Crippen LogP contribution is 2.34. The Kier molecular flexibility index (Phi) is 6.30. The molecule has 1 aromatic carbocycles. The molecular formula is C23H30N4O2. The van der Waals surface area contributed by atoms with Gasteiger partial charge in [0.15, 0.2) is 5.96 Å². The lowest BCUT2D eigenvalue weighted by Gasteiger charge is -2.39. The highest BCUT2D eigenvalue weighted by Gasteiger charge is 2.35. The molecule has 2 aliphatic rings. The van der Waals surface area contributed by atoms with E-state index in [2.05, 4.69) is 50.5 Å². The first kappa shape index (κ1) is 19.7. The van der Waals surface area contributed by atoms with E-state index in [0.717, 1.165) is 58.1 Å². The Hall–Kier alpha value is -2.60. The number of pyridine rings is 1. The molecule has 0 amide bonds. The van der Waals surface area contributed by atoms with Crippen molar-refractivity contribution in [1.29, 1.82) is 0 Å². The molecule has 29 heavy (non-hydrogen) atoms. The molecule has 6 heteroatoms. The second-order valence-corrected chi connectivity index (χ2v) is 7.80. The molecule has 2 fully saturated rings. The second kappa shape index (κ2) is 9.27. The maximum absolute atomic E-state index is 6.03. The first-order valence-corrected chi connectivity index (χ1v) is 10.5. The maximum atomic E-state index is 6.03. The normalized spacial score (nSPS) is 21.8. The quantitative estimate of drug-likeness (QED) is 0.624. The fourth-order valence-corrected chi connectivity index (χ4v) is 4.31. The first-order chi connectivity index (χ1) is 14.3. The van der Waals surface area contributed by atoms with Crippen molar-refractivity contribution in [2.24, 2.45) is 4.99 Å². The van der Waals surface area contributed by atoms with Crippen LogP contribution in [0.2, 0.25) is 0 Å². The number of hydrogen-bond donors (Lipinski definition) is 1. The van der Waals surface area contributed by atoms with E-state index < -0.39 is 0 Å². The second-order valence-electron chi connectivity index (χ2n) is 7.80. The Morgan fingerprint density at radius 2 is 2.00 bits per heavy atom. The van der Waals surface area contributed by atoms with Crippen molar-refractivity contribution >= 4 is 5.96 Å². The number of aliphatic imine (C=N–C) groups is 1. The minimum Gasteiger partial charge on any atom is -0.472 e. The van der Waals surface area contributed by atoms with Crippen LogP contribution in [0, 0.1) is 0 Å². The van der Waals surface area contributed by atoms with E-state index >= 15 is 0 Å². The van der Waals surface area contributed by atoms with Crippen LogP contribution < -0.4 is 10.1 Å². The van der Waals surface area contributed by atoms with Crippen LogP contribution in [0.15, 0.2) is 59.7 Å². The van der Waals surface area contributed by atoms with Crippen LogP contribution in [0.5, 0.6) is 5.88 Å². The summed E-state index contributed by atoms with van der Waals surface area (Å²) in [7, 11) is 1.86. The predicted octanol–water partition coefficient (Wildman–Crippen LogP) is 2.86. The fourth-order valence-electron chi connectivity index (χ4n) is 4.31. The van der Waals surface area contributed by atoms with Gasteiger partial charge in [0.2, 0.25) is 5.88 Å². The maximum Gasteiger partial charge on any atom is 0.213 e. The van der Waals surface area contributed by atoms with Crippen LogP contribution in [-0.2, 0) is 10.2 Å². The lowest BCUT2D eigenvalue weighted by Crippen LogP contribution is -2.49. The molecular weight excluding hydrogens is 364 g/mol. The van der Waals surface area contributed by atoms with Crippen LogP contribution in [-0.4, -0.2) is 61.8 Å². The van der Waals surface area contributed by atoms with E-state index in [1.807, 2.05) is 25.2 Å². The molecule has 2 aliphatic heterocycles. The summed E-state index contributed by atoms with van der Waals surface area (Å²) >= 11 is 0. The van der Waals surface area contributed by atoms with Crippen LogP contribution in [0.1, 0.15) is 24.8 Å². The Labute approximate surface area is 173 Å². The molecule has 2 aromatic rings. The Morgan fingerprint density at radius 3 is 2.72 bits per heavy atom. The van der Waals surface area contributed by atoms with Crippen LogP contribution in [0.4, 0.5) is 0 Å². The first-order valence-electron chi connectivity index (χ1n) is 10.5. The highest BCUT2D eigenvalue weighted by molar-refractivity contribution is 5.80. The summed E-state index contributed by atoms with van der Waals surface area (Å²) in [5.74, 6) is 1.63. The molecule has 0 spiro atoms. The van der Waals surface area contributed by atoms with Gasteiger partial charge in [-0.15, -0.1) is 0 Å². The van der Waals surface area contributed by atoms with Crippen molar-refractivity contribution in [1.82, 2.24) is 15.2 Å². The number of hydrogen-bond acceptors (Lipinski definition) is 4. The topological polar surface area (TPSA) is 59.0 Å². The molecule has 1 unspecified atom stereocenters. The van der Waals surface area contributed by atoms with Gasteiger partial charge in [-0.05, 0) is 24.5 Å². The summed E-state index contributed by atoms with van der Waals surface area (Å²) in [6.45, 7) is 4.21. The van der Waals surface area contributed by atoms with Gasteiger partial charge in [0.25, 0.3) is 0 Å². The summed E-state index contributed by atoms with van der Waals surface area (Å²) in [6, 6.07) is 16.6. The smallest absolute Gasteiger partial charge is 0.213 e. The number of nitrogens with one attached hydrogen (secondary N) is 1. The molecule has 4 rings (SSSR count). The van der Waals surface area contributed by atoms with Crippen molar-refractivity contribution in [3.05, 3.63) is 60.3 Å². The minimum atomic E-state index is 0.0824. The van der Waals surface area contributed by atoms with E-state index in [0.29, 0.717) is 5.88 Å². The molecule has 0 aliphatic carbocycles. The summed E-state index contributed by atoms with van der Waals surface area (Å²) in [5.41, 5.74) is 1.46. The van der Waals surface area contributed by atoms with E-state index in [-0.39, 0.29) is 11.5 Å². The summed E-state index contributed by atoms with van der Waals surface area (Å²) in [4.78, 5) is 11.1. The molecule has 1 N–H and O–H groups in total. The molecule has 0 radical (unpaired) electrons. The summed E-state index contributed by atoms with van der Waals surface area (Å²) < 4.78 is 11.7. The van der Waals surface area contributed by atoms with Gasteiger partial charge in [-0.3, -0.25) is 4.99 Å². The zero-order valence-corrected chi connectivity index (χ0v) is 17.1. The monoisotopic (exact) mass is 394 g/mol. The van der Waals surface area contributed by atoms with E-state index in [9.17, 15) is 0 Å². The zero-order valence-electron chi connectivity index (χ0n) is 17.1. The number of rotatable bonds is 5. The molecule has 0 saturated carbocycles. The molecule has 1 aromatic heterocycles. The third-order valence-corrected chi connectivity index (χ3v) is 6.00. The molecule has 154 valence electrons. The van der Waals surface area contributed by atoms with Gasteiger partial charge in [-0.25, -0.2) is 4.98 Å². The number of guanidine groups is 1.